The third-order valence-electron chi connectivity index (χ3n) is 2.70. The average molecular weight is 305 g/mol. The molecule has 0 saturated heterocycles. The predicted molar refractivity (Wildman–Crippen MR) is 77.8 cm³/mol. The van der Waals surface area contributed by atoms with Crippen molar-refractivity contribution in [3.8, 4) is 0 Å². The topological polar surface area (TPSA) is 43.4 Å². The maximum absolute atomic E-state index is 11.2. The number of benzene rings is 1. The number of rotatable bonds is 6. The first kappa shape index (κ1) is 16.5. The Hall–Kier alpha value is -0.580. The molecule has 1 aromatic rings. The van der Waals surface area contributed by atoms with Crippen LogP contribution in [0.5, 0.6) is 0 Å². The van der Waals surface area contributed by atoms with Crippen molar-refractivity contribution in [3.63, 3.8) is 0 Å². The summed E-state index contributed by atoms with van der Waals surface area (Å²) in [6, 6.07) is 6.57. The van der Waals surface area contributed by atoms with Gasteiger partial charge in [0.25, 0.3) is 9.05 Å². The van der Waals surface area contributed by atoms with Crippen molar-refractivity contribution in [2.75, 3.05) is 6.61 Å². The van der Waals surface area contributed by atoms with Crippen LogP contribution in [0.3, 0.4) is 0 Å². The van der Waals surface area contributed by atoms with Crippen molar-refractivity contribution in [3.05, 3.63) is 29.8 Å². The average Bonchev–Trinajstić information content (AvgIpc) is 2.27. The molecule has 0 amide bonds. The first-order chi connectivity index (χ1) is 8.71. The quantitative estimate of drug-likeness (QED) is 0.747. The van der Waals surface area contributed by atoms with Gasteiger partial charge in [0.1, 0.15) is 0 Å². The predicted octanol–water partition coefficient (Wildman–Crippen LogP) is 3.98. The molecule has 1 unspecified atom stereocenters. The molecule has 0 radical (unpaired) electrons. The summed E-state index contributed by atoms with van der Waals surface area (Å²) in [7, 11) is 1.64. The standard InChI is InChI=1S/C14H21ClO3S/c1-10(2)9-18-14(11(3)4)12-5-7-13(8-6-12)19(15,16)17/h5-8,10-11,14H,9H2,1-4H3. The van der Waals surface area contributed by atoms with Gasteiger partial charge in [0, 0.05) is 17.3 Å². The monoisotopic (exact) mass is 304 g/mol. The zero-order chi connectivity index (χ0) is 14.6. The smallest absolute Gasteiger partial charge is 0.261 e. The van der Waals surface area contributed by atoms with Gasteiger partial charge in [0.15, 0.2) is 0 Å². The summed E-state index contributed by atoms with van der Waals surface area (Å²) in [6.07, 6.45) is -0.0329. The van der Waals surface area contributed by atoms with Gasteiger partial charge in [-0.2, -0.15) is 0 Å². The summed E-state index contributed by atoms with van der Waals surface area (Å²) < 4.78 is 28.3. The molecule has 0 spiro atoms. The molecule has 19 heavy (non-hydrogen) atoms. The van der Waals surface area contributed by atoms with Gasteiger partial charge in [0.2, 0.25) is 0 Å². The Bertz CT molecular complexity index is 492. The highest BCUT2D eigenvalue weighted by Gasteiger charge is 2.18. The fourth-order valence-electron chi connectivity index (χ4n) is 1.79. The molecule has 1 aromatic carbocycles. The van der Waals surface area contributed by atoms with Crippen LogP contribution in [-0.2, 0) is 13.8 Å². The van der Waals surface area contributed by atoms with Crippen molar-refractivity contribution in [2.45, 2.75) is 38.7 Å². The molecule has 0 aliphatic rings. The molecule has 0 aromatic heterocycles. The lowest BCUT2D eigenvalue weighted by Crippen LogP contribution is -2.14. The van der Waals surface area contributed by atoms with E-state index in [0.717, 1.165) is 5.56 Å². The minimum Gasteiger partial charge on any atom is -0.373 e. The molecule has 3 nitrogen and oxygen atoms in total. The van der Waals surface area contributed by atoms with E-state index in [0.29, 0.717) is 18.4 Å². The van der Waals surface area contributed by atoms with Gasteiger partial charge in [-0.05, 0) is 29.5 Å². The summed E-state index contributed by atoms with van der Waals surface area (Å²) in [5.74, 6) is 0.779. The first-order valence-electron chi connectivity index (χ1n) is 6.38. The zero-order valence-electron chi connectivity index (χ0n) is 11.8. The highest BCUT2D eigenvalue weighted by Crippen LogP contribution is 2.28. The lowest BCUT2D eigenvalue weighted by Gasteiger charge is -2.23. The van der Waals surface area contributed by atoms with E-state index < -0.39 is 9.05 Å². The minimum atomic E-state index is -3.66. The highest BCUT2D eigenvalue weighted by molar-refractivity contribution is 8.13. The van der Waals surface area contributed by atoms with Gasteiger partial charge in [-0.25, -0.2) is 8.42 Å². The molecule has 0 bridgehead atoms. The Kier molecular flexibility index (Phi) is 5.83. The van der Waals surface area contributed by atoms with Crippen LogP contribution < -0.4 is 0 Å². The van der Waals surface area contributed by atoms with Crippen molar-refractivity contribution in [1.29, 1.82) is 0 Å². The van der Waals surface area contributed by atoms with Gasteiger partial charge in [-0.3, -0.25) is 0 Å². The Balaban J connectivity index is 2.92. The molecule has 0 heterocycles. The Morgan fingerprint density at radius 3 is 2.00 bits per heavy atom. The molecule has 5 heteroatoms. The van der Waals surface area contributed by atoms with E-state index in [-0.39, 0.29) is 11.0 Å². The van der Waals surface area contributed by atoms with E-state index in [1.54, 1.807) is 12.1 Å². The first-order valence-corrected chi connectivity index (χ1v) is 8.69. The fraction of sp³-hybridized carbons (Fsp3) is 0.571. The van der Waals surface area contributed by atoms with Crippen molar-refractivity contribution < 1.29 is 13.2 Å². The maximum atomic E-state index is 11.2. The molecule has 0 fully saturated rings. The summed E-state index contributed by atoms with van der Waals surface area (Å²) in [5, 5.41) is 0. The van der Waals surface area contributed by atoms with Crippen molar-refractivity contribution in [2.24, 2.45) is 11.8 Å². The summed E-state index contributed by atoms with van der Waals surface area (Å²) in [6.45, 7) is 9.04. The van der Waals surface area contributed by atoms with Crippen LogP contribution in [0.4, 0.5) is 0 Å². The summed E-state index contributed by atoms with van der Waals surface area (Å²) >= 11 is 0. The van der Waals surface area contributed by atoms with Gasteiger partial charge in [-0.15, -0.1) is 0 Å². The highest BCUT2D eigenvalue weighted by atomic mass is 35.7. The van der Waals surface area contributed by atoms with Gasteiger partial charge < -0.3 is 4.74 Å². The molecule has 0 saturated carbocycles. The van der Waals surface area contributed by atoms with E-state index in [1.165, 1.54) is 12.1 Å². The molecule has 108 valence electrons. The van der Waals surface area contributed by atoms with Crippen LogP contribution in [0.15, 0.2) is 29.2 Å². The number of hydrogen-bond donors (Lipinski definition) is 0. The molecular formula is C14H21ClO3S. The van der Waals surface area contributed by atoms with Gasteiger partial charge in [0.05, 0.1) is 11.0 Å². The zero-order valence-corrected chi connectivity index (χ0v) is 13.3. The van der Waals surface area contributed by atoms with Crippen LogP contribution in [0.25, 0.3) is 0 Å². The third-order valence-corrected chi connectivity index (χ3v) is 4.07. The second-order valence-corrected chi connectivity index (χ2v) is 7.96. The third kappa shape index (κ3) is 5.13. The normalized spacial score (nSPS) is 14.1. The van der Waals surface area contributed by atoms with Crippen LogP contribution in [-0.4, -0.2) is 15.0 Å². The molecule has 1 rings (SSSR count). The van der Waals surface area contributed by atoms with E-state index in [4.69, 9.17) is 15.4 Å². The fourth-order valence-corrected chi connectivity index (χ4v) is 2.56. The van der Waals surface area contributed by atoms with Crippen LogP contribution in [0.1, 0.15) is 39.4 Å². The van der Waals surface area contributed by atoms with E-state index >= 15 is 0 Å². The molecule has 0 aliphatic carbocycles. The van der Waals surface area contributed by atoms with E-state index in [2.05, 4.69) is 27.7 Å². The second-order valence-electron chi connectivity index (χ2n) is 5.40. The largest absolute Gasteiger partial charge is 0.373 e. The maximum Gasteiger partial charge on any atom is 0.261 e. The lowest BCUT2D eigenvalue weighted by molar-refractivity contribution is 0.00611. The number of hydrogen-bond acceptors (Lipinski definition) is 3. The number of halogens is 1. The number of ether oxygens (including phenoxy) is 1. The Morgan fingerprint density at radius 2 is 1.63 bits per heavy atom. The van der Waals surface area contributed by atoms with Crippen LogP contribution in [0, 0.1) is 11.8 Å². The SMILES string of the molecule is CC(C)COC(c1ccc(S(=O)(=O)Cl)cc1)C(C)C. The molecule has 0 aliphatic heterocycles. The van der Waals surface area contributed by atoms with Crippen LogP contribution in [0.2, 0.25) is 0 Å². The Labute approximate surface area is 120 Å². The van der Waals surface area contributed by atoms with Crippen molar-refractivity contribution >= 4 is 19.7 Å². The molecule has 1 atom stereocenters. The van der Waals surface area contributed by atoms with Crippen LogP contribution >= 0.6 is 10.7 Å². The minimum absolute atomic E-state index is 0.0329. The summed E-state index contributed by atoms with van der Waals surface area (Å²) in [5.41, 5.74) is 0.972. The Morgan fingerprint density at radius 1 is 1.11 bits per heavy atom. The van der Waals surface area contributed by atoms with Gasteiger partial charge in [-0.1, -0.05) is 39.8 Å². The lowest BCUT2D eigenvalue weighted by atomic mass is 9.99. The summed E-state index contributed by atoms with van der Waals surface area (Å²) in [4.78, 5) is 0.115. The van der Waals surface area contributed by atoms with E-state index in [1.807, 2.05) is 0 Å². The molecular weight excluding hydrogens is 284 g/mol. The van der Waals surface area contributed by atoms with E-state index in [9.17, 15) is 8.42 Å². The van der Waals surface area contributed by atoms with Gasteiger partial charge >= 0.3 is 0 Å². The van der Waals surface area contributed by atoms with Crippen molar-refractivity contribution in [1.82, 2.24) is 0 Å². The second kappa shape index (κ2) is 6.73. The molecule has 0 N–H and O–H groups in total.